The molecule has 0 atom stereocenters. The minimum absolute atomic E-state index is 0.257. The van der Waals surface area contributed by atoms with Crippen molar-refractivity contribution in [3.63, 3.8) is 0 Å². The quantitative estimate of drug-likeness (QED) is 0.763. The number of rotatable bonds is 6. The fraction of sp³-hybridized carbons (Fsp3) is 0.500. The Morgan fingerprint density at radius 3 is 2.65 bits per heavy atom. The van der Waals surface area contributed by atoms with Gasteiger partial charge in [-0.05, 0) is 23.3 Å². The molecule has 0 aliphatic heterocycles. The van der Waals surface area contributed by atoms with Gasteiger partial charge in [0.15, 0.2) is 5.54 Å². The lowest BCUT2D eigenvalue weighted by Gasteiger charge is -2.33. The summed E-state index contributed by atoms with van der Waals surface area (Å²) in [6, 6.07) is 10.2. The van der Waals surface area contributed by atoms with Crippen LogP contribution in [-0.2, 0) is 23.4 Å². The second-order valence-electron chi connectivity index (χ2n) is 6.14. The summed E-state index contributed by atoms with van der Waals surface area (Å²) in [6.45, 7) is 0.516. The summed E-state index contributed by atoms with van der Waals surface area (Å²) in [7, 11) is 0. The van der Waals surface area contributed by atoms with Gasteiger partial charge in [-0.3, -0.25) is 0 Å². The van der Waals surface area contributed by atoms with E-state index in [-0.39, 0.29) is 12.1 Å². The van der Waals surface area contributed by atoms with Gasteiger partial charge in [-0.25, -0.2) is 4.68 Å². The largest absolute Gasteiger partial charge is 0.548 e. The van der Waals surface area contributed by atoms with E-state index >= 15 is 0 Å². The lowest BCUT2D eigenvalue weighted by Crippen LogP contribution is -2.94. The van der Waals surface area contributed by atoms with Crippen LogP contribution in [0, 0.1) is 0 Å². The number of tetrazole rings is 1. The average molecular weight is 315 g/mol. The zero-order valence-corrected chi connectivity index (χ0v) is 13.0. The molecule has 0 bridgehead atoms. The fourth-order valence-electron chi connectivity index (χ4n) is 3.42. The van der Waals surface area contributed by atoms with Crippen molar-refractivity contribution in [3.05, 3.63) is 41.7 Å². The summed E-state index contributed by atoms with van der Waals surface area (Å²) in [5.41, 5.74) is 0.976. The number of carboxylic acid groups (broad SMARTS) is 1. The fourth-order valence-corrected chi connectivity index (χ4v) is 3.42. The Labute approximate surface area is 134 Å². The molecule has 1 aliphatic carbocycles. The zero-order chi connectivity index (χ0) is 16.1. The molecule has 122 valence electrons. The molecule has 0 saturated heterocycles. The number of benzene rings is 1. The van der Waals surface area contributed by atoms with E-state index in [1.54, 1.807) is 0 Å². The summed E-state index contributed by atoms with van der Waals surface area (Å²) in [5.74, 6) is -0.523. The van der Waals surface area contributed by atoms with Crippen LogP contribution in [0.25, 0.3) is 0 Å². The number of hydrogen-bond donors (Lipinski definition) is 1. The van der Waals surface area contributed by atoms with Crippen molar-refractivity contribution < 1.29 is 15.2 Å². The van der Waals surface area contributed by atoms with Crippen molar-refractivity contribution in [1.82, 2.24) is 20.2 Å². The molecule has 7 nitrogen and oxygen atoms in total. The van der Waals surface area contributed by atoms with Crippen LogP contribution in [0.1, 0.15) is 43.5 Å². The Kier molecular flexibility index (Phi) is 4.66. The van der Waals surface area contributed by atoms with E-state index in [1.165, 1.54) is 16.7 Å². The molecular weight excluding hydrogens is 294 g/mol. The first-order valence-electron chi connectivity index (χ1n) is 8.04. The number of nitrogens with two attached hydrogens (primary N) is 1. The van der Waals surface area contributed by atoms with Crippen LogP contribution in [0.2, 0.25) is 0 Å². The first-order chi connectivity index (χ1) is 11.2. The number of carboxylic acids is 1. The molecule has 23 heavy (non-hydrogen) atoms. The van der Waals surface area contributed by atoms with Crippen LogP contribution < -0.4 is 10.4 Å². The highest BCUT2D eigenvalue weighted by molar-refractivity contribution is 5.63. The van der Waals surface area contributed by atoms with Gasteiger partial charge in [0.2, 0.25) is 5.82 Å². The molecule has 0 amide bonds. The molecule has 0 unspecified atom stereocenters. The summed E-state index contributed by atoms with van der Waals surface area (Å²) in [4.78, 5) is 10.9. The molecule has 0 radical (unpaired) electrons. The third-order valence-corrected chi connectivity index (χ3v) is 4.57. The van der Waals surface area contributed by atoms with Crippen molar-refractivity contribution in [2.75, 3.05) is 0 Å². The van der Waals surface area contributed by atoms with E-state index in [4.69, 9.17) is 0 Å². The number of quaternary nitrogens is 1. The number of hydrogen-bond acceptors (Lipinski definition) is 5. The number of carbonyl (C=O) groups excluding carboxylic acids is 1. The number of aromatic nitrogens is 4. The first-order valence-corrected chi connectivity index (χ1v) is 8.04. The standard InChI is InChI=1S/C16H21N5O2/c22-14(23)12-21-15(18-19-20-21)16(9-5-2-6-10-16)17-11-13-7-3-1-4-8-13/h1,3-4,7-8,17H,2,5-6,9-12H2,(H,22,23). The topological polar surface area (TPSA) is 100 Å². The number of nitrogens with zero attached hydrogens (tertiary/aromatic N) is 4. The molecule has 1 aliphatic rings. The maximum atomic E-state index is 10.9. The van der Waals surface area contributed by atoms with Crippen molar-refractivity contribution >= 4 is 5.97 Å². The van der Waals surface area contributed by atoms with Crippen molar-refractivity contribution in [3.8, 4) is 0 Å². The van der Waals surface area contributed by atoms with Crippen LogP contribution in [0.3, 0.4) is 0 Å². The van der Waals surface area contributed by atoms with Gasteiger partial charge < -0.3 is 15.2 Å². The molecule has 1 heterocycles. The van der Waals surface area contributed by atoms with Gasteiger partial charge in [0.05, 0.1) is 12.5 Å². The predicted octanol–water partition coefficient (Wildman–Crippen LogP) is -0.654. The average Bonchev–Trinajstić information content (AvgIpc) is 3.03. The van der Waals surface area contributed by atoms with E-state index < -0.39 is 5.97 Å². The monoisotopic (exact) mass is 315 g/mol. The number of aliphatic carboxylic acids is 1. The summed E-state index contributed by atoms with van der Waals surface area (Å²) >= 11 is 0. The lowest BCUT2D eigenvalue weighted by atomic mass is 9.80. The maximum Gasteiger partial charge on any atom is 0.212 e. The predicted molar refractivity (Wildman–Crippen MR) is 79.7 cm³/mol. The third kappa shape index (κ3) is 3.56. The molecule has 3 rings (SSSR count). The van der Waals surface area contributed by atoms with Gasteiger partial charge >= 0.3 is 0 Å². The van der Waals surface area contributed by atoms with Crippen LogP contribution >= 0.6 is 0 Å². The summed E-state index contributed by atoms with van der Waals surface area (Å²) in [5, 5.41) is 24.9. The van der Waals surface area contributed by atoms with E-state index in [0.29, 0.717) is 5.82 Å². The molecule has 1 saturated carbocycles. The van der Waals surface area contributed by atoms with Crippen LogP contribution in [0.4, 0.5) is 0 Å². The van der Waals surface area contributed by atoms with Gasteiger partial charge in [-0.2, -0.15) is 0 Å². The molecular formula is C16H21N5O2. The summed E-state index contributed by atoms with van der Waals surface area (Å²) < 4.78 is 1.38. The minimum Gasteiger partial charge on any atom is -0.548 e. The highest BCUT2D eigenvalue weighted by Gasteiger charge is 2.42. The number of carbonyl (C=O) groups is 1. The zero-order valence-electron chi connectivity index (χ0n) is 13.0. The van der Waals surface area contributed by atoms with Crippen molar-refractivity contribution in [1.29, 1.82) is 0 Å². The van der Waals surface area contributed by atoms with E-state index in [9.17, 15) is 9.90 Å². The molecule has 7 heteroatoms. The van der Waals surface area contributed by atoms with Gasteiger partial charge in [0.25, 0.3) is 0 Å². The van der Waals surface area contributed by atoms with Crippen LogP contribution in [0.15, 0.2) is 30.3 Å². The molecule has 2 N–H and O–H groups in total. The van der Waals surface area contributed by atoms with Gasteiger partial charge in [0, 0.05) is 18.4 Å². The van der Waals surface area contributed by atoms with Crippen LogP contribution in [-0.4, -0.2) is 26.2 Å². The smallest absolute Gasteiger partial charge is 0.212 e. The maximum absolute atomic E-state index is 10.9. The molecule has 2 aromatic rings. The Hall–Kier alpha value is -2.28. The van der Waals surface area contributed by atoms with Crippen LogP contribution in [0.5, 0.6) is 0 Å². The van der Waals surface area contributed by atoms with Gasteiger partial charge in [-0.15, -0.1) is 5.10 Å². The first kappa shape index (κ1) is 15.6. The second-order valence-corrected chi connectivity index (χ2v) is 6.14. The highest BCUT2D eigenvalue weighted by atomic mass is 16.4. The Morgan fingerprint density at radius 2 is 1.96 bits per heavy atom. The van der Waals surface area contributed by atoms with E-state index in [0.717, 1.165) is 32.2 Å². The second kappa shape index (κ2) is 6.87. The highest BCUT2D eigenvalue weighted by Crippen LogP contribution is 2.32. The van der Waals surface area contributed by atoms with E-state index in [2.05, 4.69) is 33.0 Å². The van der Waals surface area contributed by atoms with Gasteiger partial charge in [0.1, 0.15) is 6.54 Å². The minimum atomic E-state index is -1.17. The van der Waals surface area contributed by atoms with Crippen molar-refractivity contribution in [2.45, 2.75) is 50.7 Å². The Bertz CT molecular complexity index is 650. The molecule has 1 aromatic carbocycles. The summed E-state index contributed by atoms with van der Waals surface area (Å²) in [6.07, 6.45) is 5.30. The van der Waals surface area contributed by atoms with Gasteiger partial charge in [-0.1, -0.05) is 36.8 Å². The van der Waals surface area contributed by atoms with E-state index in [1.807, 2.05) is 18.2 Å². The normalized spacial score (nSPS) is 17.0. The molecule has 0 spiro atoms. The third-order valence-electron chi connectivity index (χ3n) is 4.57. The molecule has 1 aromatic heterocycles. The lowest BCUT2D eigenvalue weighted by molar-refractivity contribution is -0.755. The Balaban J connectivity index is 1.85. The SMILES string of the molecule is O=C([O-])Cn1nnnc1C1([NH2+]Cc2ccccc2)CCCCC1. The Morgan fingerprint density at radius 1 is 1.22 bits per heavy atom. The van der Waals surface area contributed by atoms with Crippen molar-refractivity contribution in [2.24, 2.45) is 0 Å². The molecule has 1 fully saturated rings.